The van der Waals surface area contributed by atoms with E-state index in [0.717, 1.165) is 5.69 Å². The van der Waals surface area contributed by atoms with Crippen LogP contribution in [-0.2, 0) is 10.8 Å². The van der Waals surface area contributed by atoms with Crippen LogP contribution in [0.2, 0.25) is 0 Å². The average Bonchev–Trinajstić information content (AvgIpc) is 2.56. The zero-order chi connectivity index (χ0) is 13.7. The first kappa shape index (κ1) is 12.4. The molecule has 0 saturated heterocycles. The Morgan fingerprint density at radius 2 is 1.63 bits per heavy atom. The van der Waals surface area contributed by atoms with Crippen molar-refractivity contribution < 1.29 is 0 Å². The maximum Gasteiger partial charge on any atom is 0.0702 e. The fourth-order valence-corrected chi connectivity index (χ4v) is 3.68. The van der Waals surface area contributed by atoms with Crippen molar-refractivity contribution in [3.8, 4) is 11.3 Å². The van der Waals surface area contributed by atoms with Gasteiger partial charge in [0.2, 0.25) is 0 Å². The maximum atomic E-state index is 4.46. The molecule has 1 heterocycles. The smallest absolute Gasteiger partial charge is 0.0702 e. The highest BCUT2D eigenvalue weighted by Crippen LogP contribution is 2.49. The van der Waals surface area contributed by atoms with Gasteiger partial charge in [0, 0.05) is 11.8 Å². The summed E-state index contributed by atoms with van der Waals surface area (Å²) in [4.78, 5) is 4.46. The fraction of sp³-hybridized carbons (Fsp3) is 0.389. The molecule has 1 nitrogen and oxygen atoms in total. The third-order valence-corrected chi connectivity index (χ3v) is 4.32. The summed E-state index contributed by atoms with van der Waals surface area (Å²) in [6, 6.07) is 12.9. The molecule has 98 valence electrons. The van der Waals surface area contributed by atoms with E-state index in [-0.39, 0.29) is 10.8 Å². The number of aromatic nitrogens is 1. The number of rotatable bonds is 1. The fourth-order valence-electron chi connectivity index (χ4n) is 3.68. The molecule has 3 rings (SSSR count). The van der Waals surface area contributed by atoms with Crippen molar-refractivity contribution in [1.29, 1.82) is 0 Å². The van der Waals surface area contributed by atoms with Gasteiger partial charge >= 0.3 is 0 Å². The molecule has 0 spiro atoms. The van der Waals surface area contributed by atoms with Crippen LogP contribution in [0.5, 0.6) is 0 Å². The molecule has 1 aliphatic carbocycles. The summed E-state index contributed by atoms with van der Waals surface area (Å²) in [5.41, 5.74) is 5.80. The zero-order valence-corrected chi connectivity index (χ0v) is 12.2. The Bertz CT molecular complexity index is 609. The van der Waals surface area contributed by atoms with Gasteiger partial charge in [-0.15, -0.1) is 0 Å². The summed E-state index contributed by atoms with van der Waals surface area (Å²) in [7, 11) is 0. The number of benzene rings is 1. The van der Waals surface area contributed by atoms with Gasteiger partial charge < -0.3 is 0 Å². The van der Waals surface area contributed by atoms with E-state index in [1.54, 1.807) is 0 Å². The van der Waals surface area contributed by atoms with E-state index in [2.05, 4.69) is 56.9 Å². The van der Waals surface area contributed by atoms with Gasteiger partial charge in [-0.2, -0.15) is 0 Å². The molecule has 0 unspecified atom stereocenters. The minimum atomic E-state index is 0.254. The molecule has 19 heavy (non-hydrogen) atoms. The topological polar surface area (TPSA) is 12.9 Å². The quantitative estimate of drug-likeness (QED) is 0.715. The predicted octanol–water partition coefficient (Wildman–Crippen LogP) is 4.71. The Morgan fingerprint density at radius 3 is 2.32 bits per heavy atom. The molecule has 1 aliphatic rings. The van der Waals surface area contributed by atoms with Crippen LogP contribution in [0.25, 0.3) is 11.3 Å². The molecular formula is C18H21N. The molecule has 0 radical (unpaired) electrons. The minimum Gasteiger partial charge on any atom is -0.256 e. The van der Waals surface area contributed by atoms with Crippen LogP contribution in [-0.4, -0.2) is 4.98 Å². The van der Waals surface area contributed by atoms with Crippen LogP contribution < -0.4 is 0 Å². The molecule has 0 N–H and O–H groups in total. The van der Waals surface area contributed by atoms with Crippen LogP contribution in [0.3, 0.4) is 0 Å². The zero-order valence-electron chi connectivity index (χ0n) is 12.2. The summed E-state index contributed by atoms with van der Waals surface area (Å²) < 4.78 is 0. The van der Waals surface area contributed by atoms with Gasteiger partial charge in [-0.05, 0) is 46.6 Å². The van der Waals surface area contributed by atoms with Gasteiger partial charge in [0.15, 0.2) is 0 Å². The highest BCUT2D eigenvalue weighted by atomic mass is 14.7. The van der Waals surface area contributed by atoms with Crippen LogP contribution in [0.4, 0.5) is 0 Å². The Balaban J connectivity index is 2.16. The molecule has 2 aromatic rings. The summed E-state index contributed by atoms with van der Waals surface area (Å²) in [5, 5.41) is 0. The lowest BCUT2D eigenvalue weighted by Gasteiger charge is -2.22. The minimum absolute atomic E-state index is 0.254. The highest BCUT2D eigenvalue weighted by molar-refractivity contribution is 5.63. The van der Waals surface area contributed by atoms with Crippen molar-refractivity contribution in [1.82, 2.24) is 4.98 Å². The van der Waals surface area contributed by atoms with Gasteiger partial charge in [0.25, 0.3) is 0 Å². The molecule has 0 atom stereocenters. The second-order valence-electron chi connectivity index (χ2n) is 6.92. The Labute approximate surface area is 115 Å². The summed E-state index contributed by atoms with van der Waals surface area (Å²) in [6.45, 7) is 9.40. The highest BCUT2D eigenvalue weighted by Gasteiger charge is 2.41. The second kappa shape index (κ2) is 3.93. The van der Waals surface area contributed by atoms with E-state index in [1.807, 2.05) is 18.3 Å². The van der Waals surface area contributed by atoms with Crippen LogP contribution in [0.1, 0.15) is 45.2 Å². The third-order valence-electron chi connectivity index (χ3n) is 4.32. The van der Waals surface area contributed by atoms with Gasteiger partial charge in [0.1, 0.15) is 0 Å². The summed E-state index contributed by atoms with van der Waals surface area (Å²) in [6.07, 6.45) is 3.07. The predicted molar refractivity (Wildman–Crippen MR) is 80.3 cm³/mol. The summed E-state index contributed by atoms with van der Waals surface area (Å²) >= 11 is 0. The molecule has 1 aromatic heterocycles. The molecule has 0 bridgehead atoms. The van der Waals surface area contributed by atoms with Gasteiger partial charge in [-0.1, -0.05) is 45.9 Å². The van der Waals surface area contributed by atoms with Crippen molar-refractivity contribution in [2.45, 2.75) is 44.9 Å². The summed E-state index contributed by atoms with van der Waals surface area (Å²) in [5.74, 6) is 0. The van der Waals surface area contributed by atoms with Gasteiger partial charge in [0.05, 0.1) is 5.69 Å². The van der Waals surface area contributed by atoms with E-state index >= 15 is 0 Å². The van der Waals surface area contributed by atoms with E-state index in [1.165, 1.54) is 23.1 Å². The Morgan fingerprint density at radius 1 is 0.895 bits per heavy atom. The first-order valence-corrected chi connectivity index (χ1v) is 6.97. The Kier molecular flexibility index (Phi) is 2.57. The first-order valence-electron chi connectivity index (χ1n) is 6.97. The SMILES string of the molecule is CC1(C)CC(C)(C)c2cc(-c3ccccn3)ccc21. The van der Waals surface area contributed by atoms with Crippen LogP contribution in [0.15, 0.2) is 42.6 Å². The number of fused-ring (bicyclic) bond motifs is 1. The number of hydrogen-bond donors (Lipinski definition) is 0. The normalized spacial score (nSPS) is 19.2. The third kappa shape index (κ3) is 1.98. The molecular weight excluding hydrogens is 230 g/mol. The molecule has 1 aromatic carbocycles. The first-order chi connectivity index (χ1) is 8.90. The number of pyridine rings is 1. The standard InChI is InChI=1S/C18H21N/c1-17(2)12-18(3,4)15-11-13(8-9-14(15)17)16-7-5-6-10-19-16/h5-11H,12H2,1-4H3. The van der Waals surface area contributed by atoms with E-state index < -0.39 is 0 Å². The van der Waals surface area contributed by atoms with Crippen molar-refractivity contribution in [3.63, 3.8) is 0 Å². The molecule has 0 fully saturated rings. The second-order valence-corrected chi connectivity index (χ2v) is 6.92. The van der Waals surface area contributed by atoms with Crippen molar-refractivity contribution >= 4 is 0 Å². The lowest BCUT2D eigenvalue weighted by Crippen LogP contribution is -2.17. The lowest BCUT2D eigenvalue weighted by molar-refractivity contribution is 0.403. The monoisotopic (exact) mass is 251 g/mol. The Hall–Kier alpha value is -1.63. The van der Waals surface area contributed by atoms with Crippen molar-refractivity contribution in [2.75, 3.05) is 0 Å². The van der Waals surface area contributed by atoms with Crippen LogP contribution in [0, 0.1) is 0 Å². The largest absolute Gasteiger partial charge is 0.256 e. The molecule has 0 saturated carbocycles. The maximum absolute atomic E-state index is 4.46. The van der Waals surface area contributed by atoms with Crippen molar-refractivity contribution in [2.24, 2.45) is 0 Å². The lowest BCUT2D eigenvalue weighted by atomic mass is 9.82. The van der Waals surface area contributed by atoms with Gasteiger partial charge in [-0.3, -0.25) is 4.98 Å². The van der Waals surface area contributed by atoms with E-state index in [4.69, 9.17) is 0 Å². The number of hydrogen-bond acceptors (Lipinski definition) is 1. The van der Waals surface area contributed by atoms with E-state index in [9.17, 15) is 0 Å². The molecule has 1 heteroatoms. The molecule has 0 aliphatic heterocycles. The number of nitrogens with zero attached hydrogens (tertiary/aromatic N) is 1. The molecule has 0 amide bonds. The van der Waals surface area contributed by atoms with Crippen LogP contribution >= 0.6 is 0 Å². The van der Waals surface area contributed by atoms with E-state index in [0.29, 0.717) is 0 Å². The average molecular weight is 251 g/mol. The van der Waals surface area contributed by atoms with Gasteiger partial charge in [-0.25, -0.2) is 0 Å². The van der Waals surface area contributed by atoms with Crippen molar-refractivity contribution in [3.05, 3.63) is 53.7 Å².